The Bertz CT molecular complexity index is 741. The molecule has 0 bridgehead atoms. The molecule has 1 heterocycles. The van der Waals surface area contributed by atoms with Crippen LogP contribution in [0.3, 0.4) is 0 Å². The van der Waals surface area contributed by atoms with Crippen LogP contribution in [0.2, 0.25) is 0 Å². The van der Waals surface area contributed by atoms with Crippen LogP contribution >= 0.6 is 0 Å². The van der Waals surface area contributed by atoms with E-state index in [9.17, 15) is 9.59 Å². The minimum absolute atomic E-state index is 0.0317. The van der Waals surface area contributed by atoms with E-state index in [-0.39, 0.29) is 23.6 Å². The zero-order chi connectivity index (χ0) is 17.7. The van der Waals surface area contributed by atoms with Crippen LogP contribution in [-0.4, -0.2) is 29.4 Å². The van der Waals surface area contributed by atoms with Crippen molar-refractivity contribution in [2.24, 2.45) is 0 Å². The van der Waals surface area contributed by atoms with Gasteiger partial charge in [0, 0.05) is 30.0 Å². The average molecular weight is 325 g/mol. The Morgan fingerprint density at radius 2 is 1.96 bits per heavy atom. The number of anilines is 1. The minimum atomic E-state index is -0.220. The molecule has 1 N–H and O–H groups in total. The Labute approximate surface area is 142 Å². The van der Waals surface area contributed by atoms with E-state index in [0.29, 0.717) is 12.1 Å². The standard InChI is InChI=1S/C19H23N3O2/c1-5-22(16-8-6-7-14(4)11-16)19(24)17-12-15(9-10-20-17)18(23)21-13(2)3/h6-13H,5H2,1-4H3,(H,21,23). The summed E-state index contributed by atoms with van der Waals surface area (Å²) in [6.07, 6.45) is 1.49. The second-order valence-corrected chi connectivity index (χ2v) is 5.95. The van der Waals surface area contributed by atoms with Gasteiger partial charge in [-0.1, -0.05) is 12.1 Å². The Balaban J connectivity index is 2.29. The molecule has 0 fully saturated rings. The van der Waals surface area contributed by atoms with Crippen molar-refractivity contribution in [2.45, 2.75) is 33.7 Å². The van der Waals surface area contributed by atoms with Gasteiger partial charge in [-0.05, 0) is 57.5 Å². The number of nitrogens with zero attached hydrogens (tertiary/aromatic N) is 2. The molecule has 126 valence electrons. The van der Waals surface area contributed by atoms with Crippen LogP contribution in [0.1, 0.15) is 47.2 Å². The van der Waals surface area contributed by atoms with E-state index in [1.807, 2.05) is 52.0 Å². The highest BCUT2D eigenvalue weighted by Crippen LogP contribution is 2.18. The van der Waals surface area contributed by atoms with E-state index in [2.05, 4.69) is 10.3 Å². The molecule has 1 aromatic heterocycles. The number of pyridine rings is 1. The molecule has 0 unspecified atom stereocenters. The fourth-order valence-corrected chi connectivity index (χ4v) is 2.41. The smallest absolute Gasteiger partial charge is 0.276 e. The van der Waals surface area contributed by atoms with Crippen molar-refractivity contribution in [3.63, 3.8) is 0 Å². The maximum Gasteiger partial charge on any atom is 0.276 e. The number of amides is 2. The number of nitrogens with one attached hydrogen (secondary N) is 1. The maximum absolute atomic E-state index is 12.8. The molecular weight excluding hydrogens is 302 g/mol. The summed E-state index contributed by atoms with van der Waals surface area (Å²) in [5, 5.41) is 2.82. The van der Waals surface area contributed by atoms with Gasteiger partial charge in [-0.2, -0.15) is 0 Å². The predicted molar refractivity (Wildman–Crippen MR) is 95.4 cm³/mol. The topological polar surface area (TPSA) is 62.3 Å². The van der Waals surface area contributed by atoms with Gasteiger partial charge in [-0.25, -0.2) is 0 Å². The van der Waals surface area contributed by atoms with Crippen molar-refractivity contribution < 1.29 is 9.59 Å². The maximum atomic E-state index is 12.8. The van der Waals surface area contributed by atoms with Crippen LogP contribution < -0.4 is 10.2 Å². The number of aryl methyl sites for hydroxylation is 1. The van der Waals surface area contributed by atoms with Gasteiger partial charge >= 0.3 is 0 Å². The number of benzene rings is 1. The lowest BCUT2D eigenvalue weighted by Crippen LogP contribution is -2.33. The van der Waals surface area contributed by atoms with Crippen LogP contribution in [-0.2, 0) is 0 Å². The van der Waals surface area contributed by atoms with E-state index < -0.39 is 0 Å². The van der Waals surface area contributed by atoms with E-state index in [1.54, 1.807) is 17.0 Å². The Morgan fingerprint density at radius 1 is 1.21 bits per heavy atom. The molecule has 0 spiro atoms. The Hall–Kier alpha value is -2.69. The molecule has 0 atom stereocenters. The molecule has 24 heavy (non-hydrogen) atoms. The summed E-state index contributed by atoms with van der Waals surface area (Å²) in [5.74, 6) is -0.428. The second-order valence-electron chi connectivity index (χ2n) is 5.95. The van der Waals surface area contributed by atoms with E-state index in [4.69, 9.17) is 0 Å². The molecule has 0 aliphatic rings. The van der Waals surface area contributed by atoms with Gasteiger partial charge < -0.3 is 10.2 Å². The van der Waals surface area contributed by atoms with Crippen molar-refractivity contribution in [1.82, 2.24) is 10.3 Å². The third kappa shape index (κ3) is 4.19. The first-order chi connectivity index (χ1) is 11.4. The van der Waals surface area contributed by atoms with Crippen molar-refractivity contribution >= 4 is 17.5 Å². The van der Waals surface area contributed by atoms with E-state index in [1.165, 1.54) is 6.20 Å². The molecule has 0 aliphatic heterocycles. The first-order valence-corrected chi connectivity index (χ1v) is 8.07. The van der Waals surface area contributed by atoms with Crippen molar-refractivity contribution in [3.05, 3.63) is 59.4 Å². The monoisotopic (exact) mass is 325 g/mol. The van der Waals surface area contributed by atoms with Crippen LogP contribution in [0.25, 0.3) is 0 Å². The zero-order valence-corrected chi connectivity index (χ0v) is 14.5. The first kappa shape index (κ1) is 17.7. The third-order valence-corrected chi connectivity index (χ3v) is 3.54. The summed E-state index contributed by atoms with van der Waals surface area (Å²) >= 11 is 0. The van der Waals surface area contributed by atoms with Gasteiger partial charge in [-0.15, -0.1) is 0 Å². The summed E-state index contributed by atoms with van der Waals surface area (Å²) in [4.78, 5) is 30.7. The van der Waals surface area contributed by atoms with Gasteiger partial charge in [0.1, 0.15) is 5.69 Å². The molecule has 0 radical (unpaired) electrons. The molecule has 2 amide bonds. The number of hydrogen-bond acceptors (Lipinski definition) is 3. The molecule has 5 nitrogen and oxygen atoms in total. The quantitative estimate of drug-likeness (QED) is 0.918. The highest BCUT2D eigenvalue weighted by molar-refractivity contribution is 6.06. The molecule has 0 saturated heterocycles. The molecule has 1 aromatic carbocycles. The summed E-state index contributed by atoms with van der Waals surface area (Å²) in [6, 6.07) is 10.9. The molecule has 2 aromatic rings. The molecular formula is C19H23N3O2. The highest BCUT2D eigenvalue weighted by atomic mass is 16.2. The van der Waals surface area contributed by atoms with E-state index >= 15 is 0 Å². The third-order valence-electron chi connectivity index (χ3n) is 3.54. The zero-order valence-electron chi connectivity index (χ0n) is 14.5. The summed E-state index contributed by atoms with van der Waals surface area (Å²) in [6.45, 7) is 8.20. The number of aromatic nitrogens is 1. The fourth-order valence-electron chi connectivity index (χ4n) is 2.41. The lowest BCUT2D eigenvalue weighted by Gasteiger charge is -2.21. The Morgan fingerprint density at radius 3 is 2.58 bits per heavy atom. The summed E-state index contributed by atoms with van der Waals surface area (Å²) in [7, 11) is 0. The van der Waals surface area contributed by atoms with Crippen LogP contribution in [0.5, 0.6) is 0 Å². The molecule has 5 heteroatoms. The SMILES string of the molecule is CCN(C(=O)c1cc(C(=O)NC(C)C)ccn1)c1cccc(C)c1. The predicted octanol–water partition coefficient (Wildman–Crippen LogP) is 3.19. The largest absolute Gasteiger partial charge is 0.350 e. The van der Waals surface area contributed by atoms with E-state index in [0.717, 1.165) is 11.3 Å². The van der Waals surface area contributed by atoms with Gasteiger partial charge in [0.15, 0.2) is 0 Å². The van der Waals surface area contributed by atoms with Gasteiger partial charge in [-0.3, -0.25) is 14.6 Å². The second kappa shape index (κ2) is 7.73. The average Bonchev–Trinajstić information content (AvgIpc) is 2.55. The van der Waals surface area contributed by atoms with Crippen LogP contribution in [0.4, 0.5) is 5.69 Å². The molecule has 0 aliphatic carbocycles. The molecule has 0 saturated carbocycles. The lowest BCUT2D eigenvalue weighted by atomic mass is 10.1. The van der Waals surface area contributed by atoms with Crippen molar-refractivity contribution in [3.8, 4) is 0 Å². The number of carbonyl (C=O) groups excluding carboxylic acids is 2. The van der Waals surface area contributed by atoms with Crippen LogP contribution in [0.15, 0.2) is 42.6 Å². The Kier molecular flexibility index (Phi) is 5.68. The lowest BCUT2D eigenvalue weighted by molar-refractivity contribution is 0.0943. The molecule has 2 rings (SSSR count). The van der Waals surface area contributed by atoms with Crippen LogP contribution in [0, 0.1) is 6.92 Å². The van der Waals surface area contributed by atoms with Gasteiger partial charge in [0.25, 0.3) is 11.8 Å². The first-order valence-electron chi connectivity index (χ1n) is 8.07. The van der Waals surface area contributed by atoms with Crippen molar-refractivity contribution in [2.75, 3.05) is 11.4 Å². The highest BCUT2D eigenvalue weighted by Gasteiger charge is 2.19. The summed E-state index contributed by atoms with van der Waals surface area (Å²) < 4.78 is 0. The number of rotatable bonds is 5. The van der Waals surface area contributed by atoms with Crippen molar-refractivity contribution in [1.29, 1.82) is 0 Å². The number of carbonyl (C=O) groups is 2. The summed E-state index contributed by atoms with van der Waals surface area (Å²) in [5.41, 5.74) is 2.59. The minimum Gasteiger partial charge on any atom is -0.350 e. The fraction of sp³-hybridized carbons (Fsp3) is 0.316. The normalized spacial score (nSPS) is 10.5. The van der Waals surface area contributed by atoms with Gasteiger partial charge in [0.2, 0.25) is 0 Å². The number of hydrogen-bond donors (Lipinski definition) is 1. The van der Waals surface area contributed by atoms with Gasteiger partial charge in [0.05, 0.1) is 0 Å².